The summed E-state index contributed by atoms with van der Waals surface area (Å²) in [5.74, 6) is 1.28. The summed E-state index contributed by atoms with van der Waals surface area (Å²) in [6.45, 7) is 6.59. The number of hydrogen-bond acceptors (Lipinski definition) is 4. The van der Waals surface area contributed by atoms with E-state index < -0.39 is 12.1 Å². The van der Waals surface area contributed by atoms with Crippen LogP contribution in [0.2, 0.25) is 0 Å². The molecular formula is C21H26N2O4. The minimum absolute atomic E-state index is 0.0906. The molecule has 2 amide bonds. The number of nitrogens with zero attached hydrogens (tertiary/aromatic N) is 2. The summed E-state index contributed by atoms with van der Waals surface area (Å²) in [4.78, 5) is 28.9. The normalized spacial score (nSPS) is 20.0. The molecule has 3 rings (SSSR count). The third kappa shape index (κ3) is 3.90. The Labute approximate surface area is 159 Å². The molecule has 0 aliphatic carbocycles. The van der Waals surface area contributed by atoms with E-state index in [1.165, 1.54) is 0 Å². The van der Waals surface area contributed by atoms with E-state index in [4.69, 9.17) is 9.15 Å². The number of furan rings is 1. The predicted molar refractivity (Wildman–Crippen MR) is 101 cm³/mol. The summed E-state index contributed by atoms with van der Waals surface area (Å²) in [5, 5.41) is 0. The first kappa shape index (κ1) is 19.2. The SMILES string of the molecule is CCN(Cc1ccc(C)o1)C(=O)[C@H]1OCC(=O)N(C)[C@@H]1c1ccccc1C. The Kier molecular flexibility index (Phi) is 5.65. The van der Waals surface area contributed by atoms with Crippen molar-refractivity contribution < 1.29 is 18.7 Å². The second-order valence-corrected chi connectivity index (χ2v) is 6.90. The standard InChI is InChI=1S/C21H26N2O4/c1-5-23(12-16-11-10-15(3)27-16)21(25)20-19(22(4)18(24)13-26-20)17-9-7-6-8-14(17)2/h6-11,19-20H,5,12-13H2,1-4H3/t19-,20+/m1/s1. The highest BCUT2D eigenvalue weighted by Crippen LogP contribution is 2.32. The van der Waals surface area contributed by atoms with E-state index in [-0.39, 0.29) is 18.4 Å². The Balaban J connectivity index is 1.90. The highest BCUT2D eigenvalue weighted by molar-refractivity contribution is 5.86. The molecule has 6 heteroatoms. The molecule has 144 valence electrons. The Morgan fingerprint density at radius 3 is 2.59 bits per heavy atom. The van der Waals surface area contributed by atoms with Crippen molar-refractivity contribution in [1.82, 2.24) is 9.80 Å². The van der Waals surface area contributed by atoms with Gasteiger partial charge in [0.2, 0.25) is 5.91 Å². The number of amides is 2. The lowest BCUT2D eigenvalue weighted by Gasteiger charge is -2.40. The van der Waals surface area contributed by atoms with E-state index in [0.29, 0.717) is 13.1 Å². The van der Waals surface area contributed by atoms with Gasteiger partial charge in [0, 0.05) is 13.6 Å². The number of likely N-dealkylation sites (N-methyl/N-ethyl adjacent to an activating group) is 2. The average molecular weight is 370 g/mol. The van der Waals surface area contributed by atoms with Gasteiger partial charge in [-0.15, -0.1) is 0 Å². The molecule has 0 bridgehead atoms. The van der Waals surface area contributed by atoms with Gasteiger partial charge in [-0.3, -0.25) is 9.59 Å². The lowest BCUT2D eigenvalue weighted by molar-refractivity contribution is -0.167. The van der Waals surface area contributed by atoms with Gasteiger partial charge < -0.3 is 19.0 Å². The summed E-state index contributed by atoms with van der Waals surface area (Å²) >= 11 is 0. The zero-order chi connectivity index (χ0) is 19.6. The zero-order valence-electron chi connectivity index (χ0n) is 16.3. The first-order valence-corrected chi connectivity index (χ1v) is 9.19. The smallest absolute Gasteiger partial charge is 0.254 e. The lowest BCUT2D eigenvalue weighted by atomic mass is 9.93. The van der Waals surface area contributed by atoms with Crippen molar-refractivity contribution in [2.24, 2.45) is 0 Å². The van der Waals surface area contributed by atoms with Gasteiger partial charge in [0.05, 0.1) is 12.6 Å². The van der Waals surface area contributed by atoms with E-state index >= 15 is 0 Å². The van der Waals surface area contributed by atoms with Crippen molar-refractivity contribution in [3.63, 3.8) is 0 Å². The molecule has 2 aromatic rings. The monoisotopic (exact) mass is 370 g/mol. The molecule has 27 heavy (non-hydrogen) atoms. The van der Waals surface area contributed by atoms with Crippen LogP contribution in [0.3, 0.4) is 0 Å². The quantitative estimate of drug-likeness (QED) is 0.812. The van der Waals surface area contributed by atoms with Crippen LogP contribution < -0.4 is 0 Å². The summed E-state index contributed by atoms with van der Waals surface area (Å²) in [5.41, 5.74) is 1.95. The minimum atomic E-state index is -0.746. The molecule has 1 aliphatic heterocycles. The highest BCUT2D eigenvalue weighted by Gasteiger charge is 2.42. The van der Waals surface area contributed by atoms with Gasteiger partial charge in [0.25, 0.3) is 5.91 Å². The van der Waals surface area contributed by atoms with Crippen LogP contribution in [-0.4, -0.2) is 47.9 Å². The first-order chi connectivity index (χ1) is 12.9. The Morgan fingerprint density at radius 1 is 1.22 bits per heavy atom. The number of carbonyl (C=O) groups excluding carboxylic acids is 2. The fourth-order valence-electron chi connectivity index (χ4n) is 3.49. The molecule has 0 saturated carbocycles. The summed E-state index contributed by atoms with van der Waals surface area (Å²) in [7, 11) is 1.73. The van der Waals surface area contributed by atoms with E-state index in [0.717, 1.165) is 22.6 Å². The maximum absolute atomic E-state index is 13.3. The van der Waals surface area contributed by atoms with Crippen molar-refractivity contribution in [2.75, 3.05) is 20.2 Å². The molecule has 1 saturated heterocycles. The fourth-order valence-corrected chi connectivity index (χ4v) is 3.49. The van der Waals surface area contributed by atoms with Crippen LogP contribution in [0.4, 0.5) is 0 Å². The second-order valence-electron chi connectivity index (χ2n) is 6.90. The Hall–Kier alpha value is -2.60. The van der Waals surface area contributed by atoms with E-state index in [2.05, 4.69) is 0 Å². The third-order valence-corrected chi connectivity index (χ3v) is 5.07. The van der Waals surface area contributed by atoms with Crippen molar-refractivity contribution in [3.8, 4) is 0 Å². The van der Waals surface area contributed by atoms with E-state index in [1.54, 1.807) is 16.8 Å². The summed E-state index contributed by atoms with van der Waals surface area (Å²) in [6, 6.07) is 11.1. The van der Waals surface area contributed by atoms with Crippen LogP contribution in [-0.2, 0) is 20.9 Å². The molecule has 0 radical (unpaired) electrons. The molecule has 1 aromatic heterocycles. The fraction of sp³-hybridized carbons (Fsp3) is 0.429. The van der Waals surface area contributed by atoms with Crippen LogP contribution in [0.15, 0.2) is 40.8 Å². The number of benzene rings is 1. The molecule has 1 fully saturated rings. The van der Waals surface area contributed by atoms with Gasteiger partial charge in [-0.25, -0.2) is 0 Å². The summed E-state index contributed by atoms with van der Waals surface area (Å²) < 4.78 is 11.4. The molecule has 0 unspecified atom stereocenters. The first-order valence-electron chi connectivity index (χ1n) is 9.19. The highest BCUT2D eigenvalue weighted by atomic mass is 16.5. The molecule has 2 atom stereocenters. The minimum Gasteiger partial charge on any atom is -0.464 e. The van der Waals surface area contributed by atoms with Gasteiger partial charge in [0.15, 0.2) is 6.10 Å². The van der Waals surface area contributed by atoms with Gasteiger partial charge in [-0.1, -0.05) is 24.3 Å². The van der Waals surface area contributed by atoms with Gasteiger partial charge >= 0.3 is 0 Å². The van der Waals surface area contributed by atoms with Crippen LogP contribution in [0, 0.1) is 13.8 Å². The van der Waals surface area contributed by atoms with Crippen molar-refractivity contribution in [3.05, 3.63) is 59.0 Å². The molecule has 0 N–H and O–H groups in total. The average Bonchev–Trinajstić information content (AvgIpc) is 3.07. The van der Waals surface area contributed by atoms with Gasteiger partial charge in [-0.2, -0.15) is 0 Å². The largest absolute Gasteiger partial charge is 0.464 e. The third-order valence-electron chi connectivity index (χ3n) is 5.07. The van der Waals surface area contributed by atoms with Crippen LogP contribution in [0.1, 0.15) is 35.6 Å². The number of rotatable bonds is 5. The van der Waals surface area contributed by atoms with E-state index in [1.807, 2.05) is 57.2 Å². The molecule has 2 heterocycles. The number of aryl methyl sites for hydroxylation is 2. The molecule has 1 aliphatic rings. The molecular weight excluding hydrogens is 344 g/mol. The maximum Gasteiger partial charge on any atom is 0.254 e. The lowest BCUT2D eigenvalue weighted by Crippen LogP contribution is -2.53. The number of morpholine rings is 1. The zero-order valence-corrected chi connectivity index (χ0v) is 16.3. The molecule has 1 aromatic carbocycles. The van der Waals surface area contributed by atoms with Crippen LogP contribution in [0.5, 0.6) is 0 Å². The van der Waals surface area contributed by atoms with Crippen molar-refractivity contribution >= 4 is 11.8 Å². The number of carbonyl (C=O) groups is 2. The molecule has 6 nitrogen and oxygen atoms in total. The number of ether oxygens (including phenoxy) is 1. The summed E-state index contributed by atoms with van der Waals surface area (Å²) in [6.07, 6.45) is -0.746. The van der Waals surface area contributed by atoms with E-state index in [9.17, 15) is 9.59 Å². The van der Waals surface area contributed by atoms with Crippen LogP contribution in [0.25, 0.3) is 0 Å². The second kappa shape index (κ2) is 7.96. The van der Waals surface area contributed by atoms with Gasteiger partial charge in [-0.05, 0) is 44.0 Å². The number of hydrogen-bond donors (Lipinski definition) is 0. The Bertz CT molecular complexity index is 829. The maximum atomic E-state index is 13.3. The topological polar surface area (TPSA) is 63.0 Å². The van der Waals surface area contributed by atoms with Crippen LogP contribution >= 0.6 is 0 Å². The van der Waals surface area contributed by atoms with Crippen molar-refractivity contribution in [1.29, 1.82) is 0 Å². The Morgan fingerprint density at radius 2 is 1.96 bits per heavy atom. The van der Waals surface area contributed by atoms with Gasteiger partial charge in [0.1, 0.15) is 18.1 Å². The predicted octanol–water partition coefficient (Wildman–Crippen LogP) is 2.84. The van der Waals surface area contributed by atoms with Crippen molar-refractivity contribution in [2.45, 2.75) is 39.5 Å². The molecule has 0 spiro atoms.